The van der Waals surface area contributed by atoms with E-state index < -0.39 is 43.4 Å². The summed E-state index contributed by atoms with van der Waals surface area (Å²) in [5.74, 6) is -1.69. The molecule has 1 aliphatic carbocycles. The maximum absolute atomic E-state index is 12.2. The van der Waals surface area contributed by atoms with Gasteiger partial charge in [-0.2, -0.15) is 4.58 Å². The minimum Gasteiger partial charge on any atom is -0.744 e. The number of carbonyl (C=O) groups is 3. The summed E-state index contributed by atoms with van der Waals surface area (Å²) in [4.78, 5) is 42.2. The maximum Gasteiger partial charge on any atom is 1.00 e. The number of anilines is 1. The smallest absolute Gasteiger partial charge is 0.744 e. The van der Waals surface area contributed by atoms with E-state index in [9.17, 15) is 40.3 Å². The van der Waals surface area contributed by atoms with Gasteiger partial charge in [0.25, 0.3) is 11.8 Å². The number of imide groups is 1. The van der Waals surface area contributed by atoms with E-state index in [0.717, 1.165) is 64.3 Å². The Labute approximate surface area is 364 Å². The van der Waals surface area contributed by atoms with Crippen LogP contribution in [0.25, 0.3) is 0 Å². The molecule has 55 heavy (non-hydrogen) atoms. The Balaban J connectivity index is 0.00000580. The topological polar surface area (TPSA) is 184 Å². The van der Waals surface area contributed by atoms with Gasteiger partial charge in [-0.3, -0.25) is 9.59 Å². The van der Waals surface area contributed by atoms with E-state index >= 15 is 0 Å². The summed E-state index contributed by atoms with van der Waals surface area (Å²) in [7, 11) is -7.31. The van der Waals surface area contributed by atoms with E-state index in [2.05, 4.69) is 23.1 Å². The van der Waals surface area contributed by atoms with Crippen molar-refractivity contribution >= 4 is 55.1 Å². The molecule has 3 heterocycles. The second-order valence-corrected chi connectivity index (χ2v) is 17.2. The third-order valence-corrected chi connectivity index (χ3v) is 12.0. The minimum atomic E-state index is -4.63. The van der Waals surface area contributed by atoms with Crippen molar-refractivity contribution in [1.29, 1.82) is 0 Å². The number of unbranched alkanes of at least 4 members (excludes halogenated alkanes) is 2. The van der Waals surface area contributed by atoms with Gasteiger partial charge < -0.3 is 18.8 Å². The molecule has 2 amide bonds. The number of nitrogens with zero attached hydrogens (tertiary/aromatic N) is 3. The summed E-state index contributed by atoms with van der Waals surface area (Å²) in [6.45, 7) is 4.57. The molecule has 3 aliphatic heterocycles. The van der Waals surface area contributed by atoms with E-state index in [0.29, 0.717) is 37.3 Å². The first-order valence-electron chi connectivity index (χ1n) is 17.9. The molecule has 286 valence electrons. The zero-order valence-electron chi connectivity index (χ0n) is 31.4. The summed E-state index contributed by atoms with van der Waals surface area (Å²) in [5, 5.41) is 0.545. The third kappa shape index (κ3) is 9.74. The van der Waals surface area contributed by atoms with Crippen molar-refractivity contribution in [2.24, 2.45) is 0 Å². The second kappa shape index (κ2) is 17.2. The third-order valence-electron chi connectivity index (χ3n) is 10.4. The Kier molecular flexibility index (Phi) is 13.5. The van der Waals surface area contributed by atoms with Crippen LogP contribution >= 0.6 is 0 Å². The molecule has 1 saturated heterocycles. The maximum atomic E-state index is 12.2. The molecule has 0 aromatic heterocycles. The van der Waals surface area contributed by atoms with E-state index in [4.69, 9.17) is 4.84 Å². The number of rotatable bonds is 12. The fourth-order valence-electron chi connectivity index (χ4n) is 7.50. The molecular formula is C39H42KN3O10S2. The van der Waals surface area contributed by atoms with Crippen LogP contribution in [0.4, 0.5) is 11.4 Å². The van der Waals surface area contributed by atoms with Gasteiger partial charge in [-0.25, -0.2) is 21.6 Å². The van der Waals surface area contributed by atoms with Crippen LogP contribution in [-0.4, -0.2) is 72.7 Å². The number of carbonyl (C=O) groups excluding carboxylic acids is 3. The van der Waals surface area contributed by atoms with E-state index in [1.165, 1.54) is 24.3 Å². The summed E-state index contributed by atoms with van der Waals surface area (Å²) < 4.78 is 72.5. The predicted molar refractivity (Wildman–Crippen MR) is 197 cm³/mol. The number of hydrogen-bond donors (Lipinski definition) is 0. The molecular weight excluding hydrogens is 774 g/mol. The van der Waals surface area contributed by atoms with Crippen LogP contribution in [-0.2, 0) is 51.3 Å². The number of hydroxylamine groups is 2. The van der Waals surface area contributed by atoms with Crippen LogP contribution in [0.1, 0.15) is 82.8 Å². The molecule has 0 bridgehead atoms. The van der Waals surface area contributed by atoms with Crippen molar-refractivity contribution in [2.45, 2.75) is 93.3 Å². The molecule has 0 atom stereocenters. The van der Waals surface area contributed by atoms with Crippen molar-refractivity contribution in [1.82, 2.24) is 5.06 Å². The molecule has 2 aromatic rings. The summed E-state index contributed by atoms with van der Waals surface area (Å²) in [6.07, 6.45) is 15.3. The Morgan fingerprint density at radius 1 is 0.891 bits per heavy atom. The summed E-state index contributed by atoms with van der Waals surface area (Å²) in [6, 6.07) is 8.87. The minimum absolute atomic E-state index is 0. The van der Waals surface area contributed by atoms with Crippen LogP contribution in [0.3, 0.4) is 0 Å². The van der Waals surface area contributed by atoms with Gasteiger partial charge >= 0.3 is 57.4 Å². The van der Waals surface area contributed by atoms with Crippen LogP contribution in [0.15, 0.2) is 93.4 Å². The normalized spacial score (nSPS) is 19.7. The van der Waals surface area contributed by atoms with E-state index in [1.807, 2.05) is 37.6 Å². The van der Waals surface area contributed by atoms with Crippen molar-refractivity contribution < 1.29 is 101 Å². The molecule has 4 aliphatic rings. The number of hydrogen-bond acceptors (Lipinski definition) is 11. The quantitative estimate of drug-likeness (QED) is 0.101. The average Bonchev–Trinajstić information content (AvgIpc) is 3.69. The molecule has 16 heteroatoms. The van der Waals surface area contributed by atoms with Crippen molar-refractivity contribution in [2.75, 3.05) is 18.5 Å². The van der Waals surface area contributed by atoms with Gasteiger partial charge in [0.1, 0.15) is 27.3 Å². The average molecular weight is 816 g/mol. The fourth-order valence-corrected chi connectivity index (χ4v) is 8.52. The molecule has 1 fully saturated rings. The monoisotopic (exact) mass is 815 g/mol. The van der Waals surface area contributed by atoms with Crippen molar-refractivity contribution in [3.05, 3.63) is 94.7 Å². The van der Waals surface area contributed by atoms with E-state index in [-0.39, 0.29) is 80.4 Å². The van der Waals surface area contributed by atoms with E-state index in [1.54, 1.807) is 12.1 Å². The van der Waals surface area contributed by atoms with Gasteiger partial charge in [-0.15, -0.1) is 5.06 Å². The number of allylic oxidation sites excluding steroid dienone is 8. The standard InChI is InChI=1S/C39H43N3O10S2.K/c1-39(2)32-25-31(54(49,50)51)15-17-34(32)40(3)35(39)18-12-27-9-7-8-26(22-27)11-13-29-23-28-24-30(53(46,47)48)14-16-33(28)41(29)21-6-4-5-10-38(45)52-42-36(43)19-20-37(42)44;/h11-18,22,24-25H,4-10,19-21,23H2,1-3H3,(H-,46,47,48,49,50,51);/q;+1/p-1. The van der Waals surface area contributed by atoms with Crippen LogP contribution < -0.4 is 56.3 Å². The van der Waals surface area contributed by atoms with Gasteiger partial charge in [0.05, 0.1) is 15.2 Å². The Hall–Kier alpha value is -3.06. The first-order valence-corrected chi connectivity index (χ1v) is 20.7. The second-order valence-electron chi connectivity index (χ2n) is 14.4. The van der Waals surface area contributed by atoms with Gasteiger partial charge in [-0.05, 0) is 99.1 Å². The fraction of sp³-hybridized carbons (Fsp3) is 0.385. The molecule has 0 saturated carbocycles. The van der Waals surface area contributed by atoms with Gasteiger partial charge in [0.15, 0.2) is 5.71 Å². The van der Waals surface area contributed by atoms with Crippen molar-refractivity contribution in [3.63, 3.8) is 0 Å². The van der Waals surface area contributed by atoms with Gasteiger partial charge in [0, 0.05) is 61.3 Å². The molecule has 0 unspecified atom stereocenters. The van der Waals surface area contributed by atoms with Crippen molar-refractivity contribution in [3.8, 4) is 0 Å². The Morgan fingerprint density at radius 3 is 2.25 bits per heavy atom. The molecule has 0 radical (unpaired) electrons. The molecule has 13 nitrogen and oxygen atoms in total. The van der Waals surface area contributed by atoms with Crippen LogP contribution in [0.5, 0.6) is 0 Å². The largest absolute Gasteiger partial charge is 1.00 e. The van der Waals surface area contributed by atoms with Gasteiger partial charge in [-0.1, -0.05) is 24.6 Å². The number of fused-ring (bicyclic) bond motifs is 2. The number of benzene rings is 2. The Bertz CT molecular complexity index is 2290. The molecule has 0 N–H and O–H groups in total. The zero-order chi connectivity index (χ0) is 39.0. The number of amides is 2. The van der Waals surface area contributed by atoms with Crippen LogP contribution in [0.2, 0.25) is 0 Å². The first-order chi connectivity index (χ1) is 25.4. The zero-order valence-corrected chi connectivity index (χ0v) is 36.1. The van der Waals surface area contributed by atoms with Gasteiger partial charge in [0.2, 0.25) is 5.69 Å². The summed E-state index contributed by atoms with van der Waals surface area (Å²) >= 11 is 0. The molecule has 2 aromatic carbocycles. The molecule has 6 rings (SSSR count). The van der Waals surface area contributed by atoms with Crippen LogP contribution in [0, 0.1) is 0 Å². The SMILES string of the molecule is C[N+]1=C(/C=C/C2=CC(=C/C=C3/Cc4cc(S(=O)(=O)[O-])ccc4N3CCCCCC(=O)ON3C(=O)CCC3=O)/CCC2)C(C)(C)c2cc(S(=O)(=O)[O-])ccc21.[K+]. The Morgan fingerprint density at radius 2 is 1.56 bits per heavy atom. The first kappa shape index (κ1) is 43.1. The summed E-state index contributed by atoms with van der Waals surface area (Å²) in [5.41, 5.74) is 6.73. The predicted octanol–water partition coefficient (Wildman–Crippen LogP) is 2.21. The molecule has 0 spiro atoms.